The predicted molar refractivity (Wildman–Crippen MR) is 168 cm³/mol. The van der Waals surface area contributed by atoms with E-state index in [4.69, 9.17) is 0 Å². The molecule has 1 aliphatic rings. The number of rotatable bonds is 7. The normalized spacial score (nSPS) is 15.2. The molecule has 4 nitrogen and oxygen atoms in total. The number of benzene rings is 3. The van der Waals surface area contributed by atoms with Crippen LogP contribution in [-0.2, 0) is 0 Å². The molecule has 0 saturated carbocycles. The molecule has 0 spiro atoms. The Bertz CT molecular complexity index is 1800. The highest BCUT2D eigenvalue weighted by Crippen LogP contribution is 2.43. The molecule has 6 rings (SSSR count). The van der Waals surface area contributed by atoms with Gasteiger partial charge in [0.05, 0.1) is 12.1 Å². The summed E-state index contributed by atoms with van der Waals surface area (Å²) in [5.41, 5.74) is 4.03. The van der Waals surface area contributed by atoms with Gasteiger partial charge in [-0.25, -0.2) is 0 Å². The van der Waals surface area contributed by atoms with Gasteiger partial charge in [0.2, 0.25) is 0 Å². The van der Waals surface area contributed by atoms with E-state index in [0.29, 0.717) is 11.1 Å². The van der Waals surface area contributed by atoms with Crippen LogP contribution < -0.4 is 4.90 Å². The average Bonchev–Trinajstić information content (AvgIpc) is 3.74. The van der Waals surface area contributed by atoms with Gasteiger partial charge in [-0.3, -0.25) is 4.79 Å². The van der Waals surface area contributed by atoms with E-state index in [1.165, 1.54) is 0 Å². The van der Waals surface area contributed by atoms with Crippen LogP contribution in [0.3, 0.4) is 0 Å². The summed E-state index contributed by atoms with van der Waals surface area (Å²) in [7, 11) is 0. The van der Waals surface area contributed by atoms with Crippen molar-refractivity contribution in [2.75, 3.05) is 4.90 Å². The third-order valence-electron chi connectivity index (χ3n) is 6.97. The van der Waals surface area contributed by atoms with Crippen molar-refractivity contribution >= 4 is 63.1 Å². The number of hydrogen-bond donors (Lipinski definition) is 0. The Kier molecular flexibility index (Phi) is 7.43. The third kappa shape index (κ3) is 5.27. The zero-order valence-electron chi connectivity index (χ0n) is 21.8. The van der Waals surface area contributed by atoms with Crippen LogP contribution in [0.1, 0.15) is 36.5 Å². The largest absolute Gasteiger partial charge is 0.302 e. The number of para-hydroxylation sites is 2. The maximum absolute atomic E-state index is 13.2. The summed E-state index contributed by atoms with van der Waals surface area (Å²) in [4.78, 5) is 18.6. The number of anilines is 3. The third-order valence-corrected chi connectivity index (χ3v) is 9.00. The van der Waals surface area contributed by atoms with Crippen molar-refractivity contribution in [1.29, 1.82) is 10.5 Å². The van der Waals surface area contributed by atoms with Crippen LogP contribution in [0.5, 0.6) is 0 Å². The first-order valence-electron chi connectivity index (χ1n) is 13.1. The molecule has 2 heterocycles. The fourth-order valence-electron chi connectivity index (χ4n) is 5.09. The van der Waals surface area contributed by atoms with Gasteiger partial charge >= 0.3 is 0 Å². The Morgan fingerprint density at radius 3 is 1.90 bits per heavy atom. The monoisotopic (exact) mass is 565 g/mol. The number of nitriles is 2. The van der Waals surface area contributed by atoms with Gasteiger partial charge in [0.25, 0.3) is 0 Å². The topological polar surface area (TPSA) is 67.9 Å². The second-order valence-electron chi connectivity index (χ2n) is 9.49. The number of ketones is 1. The molecular weight excluding hydrogens is 543 g/mol. The van der Waals surface area contributed by atoms with Crippen LogP contribution in [0.15, 0.2) is 115 Å². The van der Waals surface area contributed by atoms with Gasteiger partial charge in [0.15, 0.2) is 5.78 Å². The lowest BCUT2D eigenvalue weighted by Gasteiger charge is -2.23. The molecule has 0 radical (unpaired) electrons. The van der Waals surface area contributed by atoms with Crippen molar-refractivity contribution in [2.24, 2.45) is 5.92 Å². The van der Waals surface area contributed by atoms with E-state index >= 15 is 0 Å². The Labute approximate surface area is 247 Å². The summed E-state index contributed by atoms with van der Waals surface area (Å²) >= 11 is 3.28. The molecule has 1 atom stereocenters. The molecule has 0 bridgehead atoms. The standard InChI is InChI=1S/C35H23N3OS2/c36-22-24(23-37)34-30-13-7-8-14-31(30)35(39)32(34)21-29-18-17-27(40-29)15-16-28-19-20-33(41-28)38(25-9-3-1-4-10-25)26-11-5-2-6-12-26/h1-21,24,34H/b16-15+,32-21-. The quantitative estimate of drug-likeness (QED) is 0.184. The number of hydrogen-bond acceptors (Lipinski definition) is 6. The molecule has 0 fully saturated rings. The number of carbonyl (C=O) groups excluding carboxylic acids is 1. The highest BCUT2D eigenvalue weighted by molar-refractivity contribution is 7.17. The molecule has 1 aliphatic carbocycles. The predicted octanol–water partition coefficient (Wildman–Crippen LogP) is 9.48. The summed E-state index contributed by atoms with van der Waals surface area (Å²) in [6, 6.07) is 40.3. The number of Topliss-reactive ketones (excluding diaryl/α,β-unsaturated/α-hetero) is 1. The van der Waals surface area contributed by atoms with Gasteiger partial charge in [-0.15, -0.1) is 22.7 Å². The molecule has 0 saturated heterocycles. The Balaban J connectivity index is 1.25. The van der Waals surface area contributed by atoms with Crippen molar-refractivity contribution in [3.05, 3.63) is 141 Å². The molecule has 0 amide bonds. The Hall–Kier alpha value is -5.01. The first-order chi connectivity index (χ1) is 20.2. The first-order valence-corrected chi connectivity index (χ1v) is 14.7. The van der Waals surface area contributed by atoms with E-state index in [-0.39, 0.29) is 5.78 Å². The molecule has 3 aromatic carbocycles. The second kappa shape index (κ2) is 11.6. The van der Waals surface area contributed by atoms with Gasteiger partial charge in [0, 0.05) is 43.1 Å². The van der Waals surface area contributed by atoms with E-state index in [1.807, 2.05) is 72.8 Å². The van der Waals surface area contributed by atoms with Crippen molar-refractivity contribution in [1.82, 2.24) is 0 Å². The lowest BCUT2D eigenvalue weighted by Crippen LogP contribution is -2.10. The van der Waals surface area contributed by atoms with E-state index in [0.717, 1.165) is 36.6 Å². The lowest BCUT2D eigenvalue weighted by atomic mass is 9.86. The van der Waals surface area contributed by atoms with Crippen LogP contribution in [-0.4, -0.2) is 5.78 Å². The van der Waals surface area contributed by atoms with Crippen molar-refractivity contribution in [3.8, 4) is 12.1 Å². The molecule has 6 heteroatoms. The smallest absolute Gasteiger partial charge is 0.190 e. The maximum Gasteiger partial charge on any atom is 0.190 e. The number of carbonyl (C=O) groups is 1. The molecule has 1 unspecified atom stereocenters. The molecular formula is C35H23N3OS2. The number of allylic oxidation sites excluding steroid dienone is 1. The lowest BCUT2D eigenvalue weighted by molar-refractivity contribution is 0.103. The van der Waals surface area contributed by atoms with Gasteiger partial charge in [0.1, 0.15) is 10.9 Å². The van der Waals surface area contributed by atoms with Crippen LogP contribution >= 0.6 is 22.7 Å². The fraction of sp³-hybridized carbons (Fsp3) is 0.0571. The highest BCUT2D eigenvalue weighted by atomic mass is 32.1. The highest BCUT2D eigenvalue weighted by Gasteiger charge is 2.39. The van der Waals surface area contributed by atoms with Crippen LogP contribution in [0.25, 0.3) is 18.2 Å². The molecule has 2 aromatic heterocycles. The number of fused-ring (bicyclic) bond motifs is 1. The van der Waals surface area contributed by atoms with E-state index in [2.05, 4.69) is 65.6 Å². The average molecular weight is 566 g/mol. The summed E-state index contributed by atoms with van der Waals surface area (Å²) in [5.74, 6) is -1.58. The van der Waals surface area contributed by atoms with Crippen molar-refractivity contribution in [2.45, 2.75) is 5.92 Å². The SMILES string of the molecule is N#CC(C#N)C1/C(=C/c2ccc(/C=C/c3ccc(N(c4ccccc4)c4ccccc4)s3)s2)C(=O)c2ccccc21. The summed E-state index contributed by atoms with van der Waals surface area (Å²) < 4.78 is 0. The van der Waals surface area contributed by atoms with E-state index in [1.54, 1.807) is 28.7 Å². The van der Waals surface area contributed by atoms with Crippen LogP contribution in [0, 0.1) is 28.6 Å². The van der Waals surface area contributed by atoms with Gasteiger partial charge < -0.3 is 4.90 Å². The van der Waals surface area contributed by atoms with E-state index in [9.17, 15) is 15.3 Å². The fourth-order valence-corrected chi connectivity index (χ4v) is 6.91. The minimum Gasteiger partial charge on any atom is -0.302 e. The molecule has 5 aromatic rings. The summed E-state index contributed by atoms with van der Waals surface area (Å²) in [6.07, 6.45) is 6.02. The summed E-state index contributed by atoms with van der Waals surface area (Å²) in [6.45, 7) is 0. The zero-order valence-corrected chi connectivity index (χ0v) is 23.5. The van der Waals surface area contributed by atoms with Crippen LogP contribution in [0.2, 0.25) is 0 Å². The molecule has 196 valence electrons. The van der Waals surface area contributed by atoms with Gasteiger partial charge in [-0.2, -0.15) is 10.5 Å². The van der Waals surface area contributed by atoms with Crippen LogP contribution in [0.4, 0.5) is 16.4 Å². The van der Waals surface area contributed by atoms with Gasteiger partial charge in [-0.1, -0.05) is 60.7 Å². The maximum atomic E-state index is 13.2. The van der Waals surface area contributed by atoms with Gasteiger partial charge in [-0.05, 0) is 72.3 Å². The molecule has 0 N–H and O–H groups in total. The minimum absolute atomic E-state index is 0.112. The Morgan fingerprint density at radius 1 is 0.683 bits per heavy atom. The van der Waals surface area contributed by atoms with Crippen molar-refractivity contribution < 1.29 is 4.79 Å². The molecule has 0 aliphatic heterocycles. The summed E-state index contributed by atoms with van der Waals surface area (Å²) in [5, 5.41) is 20.3. The minimum atomic E-state index is -0.924. The molecule has 41 heavy (non-hydrogen) atoms. The second-order valence-corrected chi connectivity index (χ2v) is 11.7. The van der Waals surface area contributed by atoms with Crippen molar-refractivity contribution in [3.63, 3.8) is 0 Å². The zero-order chi connectivity index (χ0) is 28.2. The number of nitrogens with zero attached hydrogens (tertiary/aromatic N) is 3. The Morgan fingerprint density at radius 2 is 1.24 bits per heavy atom. The first kappa shape index (κ1) is 26.2. The van der Waals surface area contributed by atoms with E-state index < -0.39 is 11.8 Å². The number of thiophene rings is 2.